The highest BCUT2D eigenvalue weighted by Gasteiger charge is 2.23. The predicted molar refractivity (Wildman–Crippen MR) is 56.1 cm³/mol. The van der Waals surface area contributed by atoms with Crippen molar-refractivity contribution in [1.29, 1.82) is 0 Å². The Kier molecular flexibility index (Phi) is 1.61. The number of hydrogen-bond donors (Lipinski definition) is 0. The SMILES string of the molecule is O=C(Cl)C1=Cc2nccc3ncnc1c23. The van der Waals surface area contributed by atoms with Gasteiger partial charge < -0.3 is 0 Å². The lowest BCUT2D eigenvalue weighted by atomic mass is 10.2. The smallest absolute Gasteiger partial charge is 0.254 e. The van der Waals surface area contributed by atoms with E-state index in [1.807, 2.05) is 0 Å². The third kappa shape index (κ3) is 1.08. The second kappa shape index (κ2) is 2.84. The van der Waals surface area contributed by atoms with Crippen LogP contribution in [0.15, 0.2) is 18.6 Å². The molecule has 0 radical (unpaired) electrons. The van der Waals surface area contributed by atoms with E-state index < -0.39 is 5.24 Å². The number of halogens is 1. The van der Waals surface area contributed by atoms with Crippen LogP contribution < -0.4 is 0 Å². The minimum absolute atomic E-state index is 0.387. The quantitative estimate of drug-likeness (QED) is 0.682. The number of aromatic nitrogens is 3. The summed E-state index contributed by atoms with van der Waals surface area (Å²) in [5.41, 5.74) is 2.43. The first-order valence-electron chi connectivity index (χ1n) is 4.29. The number of carbonyl (C=O) groups excluding carboxylic acids is 1. The van der Waals surface area contributed by atoms with Crippen LogP contribution in [0.5, 0.6) is 0 Å². The summed E-state index contributed by atoms with van der Waals surface area (Å²) >= 11 is 5.46. The van der Waals surface area contributed by atoms with Crippen molar-refractivity contribution >= 4 is 39.4 Å². The molecule has 15 heavy (non-hydrogen) atoms. The third-order valence-electron chi connectivity index (χ3n) is 2.33. The van der Waals surface area contributed by atoms with Gasteiger partial charge in [-0.25, -0.2) is 9.97 Å². The Morgan fingerprint density at radius 2 is 2.13 bits per heavy atom. The summed E-state index contributed by atoms with van der Waals surface area (Å²) in [6.07, 6.45) is 4.70. The molecule has 0 unspecified atom stereocenters. The van der Waals surface area contributed by atoms with Gasteiger partial charge in [0, 0.05) is 6.20 Å². The Morgan fingerprint density at radius 1 is 1.27 bits per heavy atom. The third-order valence-corrected chi connectivity index (χ3v) is 2.53. The van der Waals surface area contributed by atoms with Gasteiger partial charge in [-0.3, -0.25) is 9.78 Å². The van der Waals surface area contributed by atoms with Crippen LogP contribution in [-0.4, -0.2) is 20.2 Å². The van der Waals surface area contributed by atoms with Gasteiger partial charge in [0.25, 0.3) is 5.24 Å². The molecule has 0 amide bonds. The summed E-state index contributed by atoms with van der Waals surface area (Å²) in [6, 6.07) is 1.78. The van der Waals surface area contributed by atoms with E-state index in [9.17, 15) is 4.79 Å². The summed E-state index contributed by atoms with van der Waals surface area (Å²) in [6.45, 7) is 0. The van der Waals surface area contributed by atoms with Gasteiger partial charge in [-0.1, -0.05) is 0 Å². The summed E-state index contributed by atoms with van der Waals surface area (Å²) in [7, 11) is 0. The summed E-state index contributed by atoms with van der Waals surface area (Å²) in [5.74, 6) is 0. The first-order valence-corrected chi connectivity index (χ1v) is 4.67. The first-order chi connectivity index (χ1) is 7.27. The zero-order valence-electron chi connectivity index (χ0n) is 7.44. The predicted octanol–water partition coefficient (Wildman–Crippen LogP) is 1.64. The molecule has 0 saturated heterocycles. The minimum Gasteiger partial charge on any atom is -0.276 e. The molecule has 2 heterocycles. The van der Waals surface area contributed by atoms with E-state index in [1.165, 1.54) is 6.33 Å². The van der Waals surface area contributed by atoms with Crippen molar-refractivity contribution in [3.63, 3.8) is 0 Å². The highest BCUT2D eigenvalue weighted by atomic mass is 35.5. The van der Waals surface area contributed by atoms with E-state index >= 15 is 0 Å². The molecule has 0 bridgehead atoms. The summed E-state index contributed by atoms with van der Waals surface area (Å²) < 4.78 is 0. The Bertz CT molecular complexity index is 616. The number of rotatable bonds is 1. The summed E-state index contributed by atoms with van der Waals surface area (Å²) in [5, 5.41) is 0.275. The molecule has 1 aliphatic carbocycles. The Balaban J connectivity index is 2.45. The van der Waals surface area contributed by atoms with Gasteiger partial charge in [0.15, 0.2) is 0 Å². The lowest BCUT2D eigenvalue weighted by Crippen LogP contribution is -1.94. The topological polar surface area (TPSA) is 55.7 Å². The molecule has 0 fully saturated rings. The van der Waals surface area contributed by atoms with Crippen LogP contribution in [0.4, 0.5) is 0 Å². The van der Waals surface area contributed by atoms with E-state index in [2.05, 4.69) is 15.0 Å². The molecule has 0 N–H and O–H groups in total. The van der Waals surface area contributed by atoms with E-state index in [1.54, 1.807) is 18.3 Å². The van der Waals surface area contributed by atoms with Gasteiger partial charge in [-0.05, 0) is 23.7 Å². The second-order valence-corrected chi connectivity index (χ2v) is 3.49. The van der Waals surface area contributed by atoms with Crippen LogP contribution in [-0.2, 0) is 4.79 Å². The monoisotopic (exact) mass is 217 g/mol. The fourth-order valence-corrected chi connectivity index (χ4v) is 1.84. The van der Waals surface area contributed by atoms with Gasteiger partial charge >= 0.3 is 0 Å². The van der Waals surface area contributed by atoms with Crippen molar-refractivity contribution in [3.05, 3.63) is 30.0 Å². The lowest BCUT2D eigenvalue weighted by molar-refractivity contribution is -0.106. The fourth-order valence-electron chi connectivity index (χ4n) is 1.70. The second-order valence-electron chi connectivity index (χ2n) is 3.14. The molecule has 2 aromatic heterocycles. The maximum absolute atomic E-state index is 11.2. The van der Waals surface area contributed by atoms with Crippen LogP contribution in [0.2, 0.25) is 0 Å². The fraction of sp³-hybridized carbons (Fsp3) is 0. The molecule has 1 aliphatic rings. The van der Waals surface area contributed by atoms with Gasteiger partial charge in [-0.15, -0.1) is 0 Å². The summed E-state index contributed by atoms with van der Waals surface area (Å²) in [4.78, 5) is 23.5. The van der Waals surface area contributed by atoms with Gasteiger partial charge in [0.1, 0.15) is 6.33 Å². The number of carbonyl (C=O) groups is 1. The van der Waals surface area contributed by atoms with E-state index in [0.717, 1.165) is 10.9 Å². The highest BCUT2D eigenvalue weighted by molar-refractivity contribution is 6.75. The minimum atomic E-state index is -0.520. The molecule has 0 aromatic carbocycles. The Morgan fingerprint density at radius 3 is 2.93 bits per heavy atom. The van der Waals surface area contributed by atoms with Crippen molar-refractivity contribution in [3.8, 4) is 0 Å². The molecule has 2 aromatic rings. The largest absolute Gasteiger partial charge is 0.276 e. The number of hydrogen-bond acceptors (Lipinski definition) is 4. The van der Waals surface area contributed by atoms with E-state index in [-0.39, 0.29) is 0 Å². The molecule has 5 heteroatoms. The number of allylic oxidation sites excluding steroid dienone is 1. The number of pyridine rings is 1. The van der Waals surface area contributed by atoms with Crippen LogP contribution in [0.3, 0.4) is 0 Å². The van der Waals surface area contributed by atoms with Gasteiger partial charge in [0.05, 0.1) is 27.9 Å². The first kappa shape index (κ1) is 8.49. The van der Waals surface area contributed by atoms with Crippen molar-refractivity contribution in [2.75, 3.05) is 0 Å². The zero-order chi connectivity index (χ0) is 10.4. The van der Waals surface area contributed by atoms with E-state index in [4.69, 9.17) is 11.6 Å². The zero-order valence-corrected chi connectivity index (χ0v) is 8.19. The average molecular weight is 218 g/mol. The van der Waals surface area contributed by atoms with Crippen molar-refractivity contribution in [1.82, 2.24) is 15.0 Å². The number of nitrogens with zero attached hydrogens (tertiary/aromatic N) is 3. The molecular weight excluding hydrogens is 214 g/mol. The van der Waals surface area contributed by atoms with Gasteiger partial charge in [-0.2, -0.15) is 0 Å². The van der Waals surface area contributed by atoms with Crippen molar-refractivity contribution in [2.45, 2.75) is 0 Å². The standard InChI is InChI=1S/C10H4ClN3O/c11-10(15)5-3-7-8-6(1-2-12-7)13-4-14-9(5)8/h1-4H. The molecule has 0 aliphatic heterocycles. The van der Waals surface area contributed by atoms with Crippen molar-refractivity contribution in [2.24, 2.45) is 0 Å². The molecule has 72 valence electrons. The van der Waals surface area contributed by atoms with Crippen LogP contribution in [0.1, 0.15) is 11.4 Å². The lowest BCUT2D eigenvalue weighted by Gasteiger charge is -1.99. The van der Waals surface area contributed by atoms with E-state index in [0.29, 0.717) is 17.0 Å². The molecule has 3 rings (SSSR count). The molecule has 0 spiro atoms. The van der Waals surface area contributed by atoms with Crippen LogP contribution >= 0.6 is 11.6 Å². The highest BCUT2D eigenvalue weighted by Crippen LogP contribution is 2.33. The maximum Gasteiger partial charge on any atom is 0.254 e. The van der Waals surface area contributed by atoms with Gasteiger partial charge in [0.2, 0.25) is 0 Å². The normalized spacial score (nSPS) is 13.0. The molecule has 4 nitrogen and oxygen atoms in total. The Hall–Kier alpha value is -1.81. The molecule has 0 atom stereocenters. The average Bonchev–Trinajstić information content (AvgIpc) is 2.61. The van der Waals surface area contributed by atoms with Crippen molar-refractivity contribution < 1.29 is 4.79 Å². The Labute approximate surface area is 89.6 Å². The van der Waals surface area contributed by atoms with Crippen LogP contribution in [0, 0.1) is 0 Å². The molecule has 0 saturated carbocycles. The molecular formula is C10H4ClN3O. The maximum atomic E-state index is 11.2. The van der Waals surface area contributed by atoms with Crippen LogP contribution in [0.25, 0.3) is 22.6 Å².